The molecule has 3 rings (SSSR count). The molecule has 0 atom stereocenters. The van der Waals surface area contributed by atoms with E-state index in [1.54, 1.807) is 0 Å². The van der Waals surface area contributed by atoms with Gasteiger partial charge in [-0.1, -0.05) is 18.2 Å². The van der Waals surface area contributed by atoms with Crippen LogP contribution >= 0.6 is 0 Å². The van der Waals surface area contributed by atoms with Gasteiger partial charge in [-0.15, -0.1) is 0 Å². The highest BCUT2D eigenvalue weighted by Crippen LogP contribution is 2.33. The van der Waals surface area contributed by atoms with Gasteiger partial charge < -0.3 is 10.3 Å². The van der Waals surface area contributed by atoms with Crippen LogP contribution in [0.25, 0.3) is 22.2 Å². The maximum Gasteiger partial charge on any atom is 0.149 e. The number of fused-ring (bicyclic) bond motifs is 1. The van der Waals surface area contributed by atoms with Crippen LogP contribution < -0.4 is 5.73 Å². The van der Waals surface area contributed by atoms with Crippen molar-refractivity contribution in [1.29, 1.82) is 0 Å². The average molecular weight is 240 g/mol. The van der Waals surface area contributed by atoms with E-state index < -0.39 is 0 Å². The van der Waals surface area contributed by atoms with Crippen LogP contribution in [0, 0.1) is 6.92 Å². The highest BCUT2D eigenvalue weighted by molar-refractivity contribution is 5.96. The molecule has 4 heteroatoms. The van der Waals surface area contributed by atoms with Crippen molar-refractivity contribution in [2.45, 2.75) is 6.92 Å². The van der Waals surface area contributed by atoms with Crippen molar-refractivity contribution in [3.8, 4) is 11.3 Å². The molecule has 0 aliphatic carbocycles. The quantitative estimate of drug-likeness (QED) is 0.710. The molecule has 0 aliphatic rings. The Kier molecular flexibility index (Phi) is 2.20. The van der Waals surface area contributed by atoms with Crippen molar-refractivity contribution >= 4 is 16.7 Å². The third kappa shape index (κ3) is 1.35. The van der Waals surface area contributed by atoms with Gasteiger partial charge in [-0.3, -0.25) is 4.68 Å². The van der Waals surface area contributed by atoms with Crippen molar-refractivity contribution in [3.05, 3.63) is 36.0 Å². The van der Waals surface area contributed by atoms with Crippen molar-refractivity contribution in [3.63, 3.8) is 0 Å². The molecule has 3 aromatic rings. The van der Waals surface area contributed by atoms with Gasteiger partial charge in [0.25, 0.3) is 0 Å². The monoisotopic (exact) mass is 240 g/mol. The molecule has 2 aromatic heterocycles. The zero-order valence-electron chi connectivity index (χ0n) is 10.8. The maximum atomic E-state index is 5.89. The van der Waals surface area contributed by atoms with Gasteiger partial charge in [0.1, 0.15) is 5.82 Å². The Morgan fingerprint density at radius 1 is 1.17 bits per heavy atom. The highest BCUT2D eigenvalue weighted by Gasteiger charge is 2.16. The molecule has 18 heavy (non-hydrogen) atoms. The lowest BCUT2D eigenvalue weighted by Gasteiger charge is -2.01. The minimum atomic E-state index is 0.598. The maximum absolute atomic E-state index is 5.89. The largest absolute Gasteiger partial charge is 0.382 e. The summed E-state index contributed by atoms with van der Waals surface area (Å²) in [5.74, 6) is 0.598. The summed E-state index contributed by atoms with van der Waals surface area (Å²) in [4.78, 5) is 0. The topological polar surface area (TPSA) is 48.8 Å². The summed E-state index contributed by atoms with van der Waals surface area (Å²) in [7, 11) is 3.99. The Morgan fingerprint density at radius 3 is 2.56 bits per heavy atom. The molecule has 0 aliphatic heterocycles. The summed E-state index contributed by atoms with van der Waals surface area (Å²) in [5, 5.41) is 5.52. The average Bonchev–Trinajstić information content (AvgIpc) is 2.79. The second-order valence-electron chi connectivity index (χ2n) is 4.65. The number of aromatic nitrogens is 3. The first-order chi connectivity index (χ1) is 8.59. The molecular weight excluding hydrogens is 224 g/mol. The predicted octanol–water partition coefficient (Wildman–Crippen LogP) is 2.47. The first-order valence-corrected chi connectivity index (χ1v) is 5.93. The number of hydrogen-bond donors (Lipinski definition) is 1. The molecule has 1 aromatic carbocycles. The lowest BCUT2D eigenvalue weighted by molar-refractivity contribution is 0.780. The van der Waals surface area contributed by atoms with Crippen LogP contribution in [0.3, 0.4) is 0 Å². The number of rotatable bonds is 1. The van der Waals surface area contributed by atoms with E-state index in [1.165, 1.54) is 16.5 Å². The zero-order valence-corrected chi connectivity index (χ0v) is 10.8. The van der Waals surface area contributed by atoms with E-state index in [4.69, 9.17) is 5.73 Å². The van der Waals surface area contributed by atoms with E-state index in [0.717, 1.165) is 11.3 Å². The van der Waals surface area contributed by atoms with Crippen LogP contribution in [0.2, 0.25) is 0 Å². The van der Waals surface area contributed by atoms with Crippen LogP contribution in [-0.4, -0.2) is 14.3 Å². The van der Waals surface area contributed by atoms with E-state index in [1.807, 2.05) is 18.7 Å². The molecule has 0 spiro atoms. The van der Waals surface area contributed by atoms with Gasteiger partial charge in [0, 0.05) is 42.3 Å². The SMILES string of the molecule is Cc1c(N)nn(C)c1-c1cn(C)c2ccccc12. The smallest absolute Gasteiger partial charge is 0.149 e. The molecule has 4 nitrogen and oxygen atoms in total. The molecule has 0 fully saturated rings. The van der Waals surface area contributed by atoms with Crippen LogP contribution in [0.4, 0.5) is 5.82 Å². The lowest BCUT2D eigenvalue weighted by Crippen LogP contribution is -1.94. The summed E-state index contributed by atoms with van der Waals surface area (Å²) >= 11 is 0. The minimum Gasteiger partial charge on any atom is -0.382 e. The van der Waals surface area contributed by atoms with Gasteiger partial charge in [0.05, 0.1) is 5.69 Å². The first kappa shape index (κ1) is 10.9. The van der Waals surface area contributed by atoms with Gasteiger partial charge in [-0.05, 0) is 13.0 Å². The fourth-order valence-corrected chi connectivity index (χ4v) is 2.56. The third-order valence-corrected chi connectivity index (χ3v) is 3.47. The summed E-state index contributed by atoms with van der Waals surface area (Å²) in [6.45, 7) is 2.01. The molecule has 92 valence electrons. The number of nitrogens with zero attached hydrogens (tertiary/aromatic N) is 3. The molecule has 0 amide bonds. The summed E-state index contributed by atoms with van der Waals surface area (Å²) in [6.07, 6.45) is 2.13. The fourth-order valence-electron chi connectivity index (χ4n) is 2.56. The van der Waals surface area contributed by atoms with Crippen molar-refractivity contribution in [2.24, 2.45) is 14.1 Å². The molecule has 0 saturated heterocycles. The lowest BCUT2D eigenvalue weighted by atomic mass is 10.1. The van der Waals surface area contributed by atoms with Crippen LogP contribution in [0.1, 0.15) is 5.56 Å². The molecule has 0 radical (unpaired) electrons. The van der Waals surface area contributed by atoms with E-state index in [-0.39, 0.29) is 0 Å². The Bertz CT molecular complexity index is 734. The number of aryl methyl sites for hydroxylation is 2. The van der Waals surface area contributed by atoms with Gasteiger partial charge in [0.2, 0.25) is 0 Å². The summed E-state index contributed by atoms with van der Waals surface area (Å²) in [5.41, 5.74) is 10.4. The predicted molar refractivity (Wildman–Crippen MR) is 74.3 cm³/mol. The van der Waals surface area contributed by atoms with E-state index in [9.17, 15) is 0 Å². The summed E-state index contributed by atoms with van der Waals surface area (Å²) < 4.78 is 3.99. The summed E-state index contributed by atoms with van der Waals surface area (Å²) in [6, 6.07) is 8.36. The van der Waals surface area contributed by atoms with Crippen molar-refractivity contribution in [1.82, 2.24) is 14.3 Å². The third-order valence-electron chi connectivity index (χ3n) is 3.47. The number of para-hydroxylation sites is 1. The van der Waals surface area contributed by atoms with Crippen LogP contribution in [0.5, 0.6) is 0 Å². The molecule has 0 saturated carbocycles. The second-order valence-corrected chi connectivity index (χ2v) is 4.65. The fraction of sp³-hybridized carbons (Fsp3) is 0.214. The van der Waals surface area contributed by atoms with E-state index in [0.29, 0.717) is 5.82 Å². The zero-order chi connectivity index (χ0) is 12.9. The van der Waals surface area contributed by atoms with Gasteiger partial charge in [-0.25, -0.2) is 0 Å². The highest BCUT2D eigenvalue weighted by atomic mass is 15.3. The normalized spacial score (nSPS) is 11.3. The Hall–Kier alpha value is -2.23. The molecule has 2 N–H and O–H groups in total. The van der Waals surface area contributed by atoms with Gasteiger partial charge >= 0.3 is 0 Å². The molecule has 0 unspecified atom stereocenters. The van der Waals surface area contributed by atoms with Crippen molar-refractivity contribution < 1.29 is 0 Å². The Morgan fingerprint density at radius 2 is 1.89 bits per heavy atom. The van der Waals surface area contributed by atoms with Crippen LogP contribution in [0.15, 0.2) is 30.5 Å². The molecular formula is C14H16N4. The Labute approximate surface area is 106 Å². The van der Waals surface area contributed by atoms with Crippen LogP contribution in [-0.2, 0) is 14.1 Å². The van der Waals surface area contributed by atoms with Gasteiger partial charge in [0.15, 0.2) is 0 Å². The number of nitrogens with two attached hydrogens (primary N) is 1. The molecule has 0 bridgehead atoms. The Balaban J connectivity index is 2.39. The van der Waals surface area contributed by atoms with Crippen molar-refractivity contribution in [2.75, 3.05) is 5.73 Å². The van der Waals surface area contributed by atoms with E-state index in [2.05, 4.69) is 47.2 Å². The number of nitrogen functional groups attached to an aromatic ring is 1. The second kappa shape index (κ2) is 3.63. The number of hydrogen-bond acceptors (Lipinski definition) is 2. The first-order valence-electron chi connectivity index (χ1n) is 5.93. The molecule has 2 heterocycles. The number of benzene rings is 1. The minimum absolute atomic E-state index is 0.598. The number of anilines is 1. The van der Waals surface area contributed by atoms with E-state index >= 15 is 0 Å². The van der Waals surface area contributed by atoms with Gasteiger partial charge in [-0.2, -0.15) is 5.10 Å². The standard InChI is InChI=1S/C14H16N4/c1-9-13(18(3)16-14(9)15)11-8-17(2)12-7-5-4-6-10(11)12/h4-8H,1-3H3,(H2,15,16).